The Bertz CT molecular complexity index is 969. The monoisotopic (exact) mass is 540 g/mol. The predicted octanol–water partition coefficient (Wildman–Crippen LogP) is 5.15. The van der Waals surface area contributed by atoms with Crippen LogP contribution in [0.5, 0.6) is 0 Å². The van der Waals surface area contributed by atoms with Crippen LogP contribution in [-0.2, 0) is 28.6 Å². The molecule has 4 rings (SSSR count). The van der Waals surface area contributed by atoms with Gasteiger partial charge in [0, 0.05) is 24.7 Å². The van der Waals surface area contributed by atoms with Crippen molar-refractivity contribution in [2.75, 3.05) is 6.61 Å². The highest BCUT2D eigenvalue weighted by atomic mass is 35.5. The van der Waals surface area contributed by atoms with Crippen LogP contribution in [0.4, 0.5) is 0 Å². The number of carbonyl (C=O) groups is 3. The van der Waals surface area contributed by atoms with Gasteiger partial charge in [0.2, 0.25) is 0 Å². The number of hydrogen-bond acceptors (Lipinski definition) is 7. The number of Topliss-reactive ketones (excluding diaryl/α,β-unsaturated/α-hetero) is 1. The number of alkyl halides is 1. The van der Waals surface area contributed by atoms with Crippen molar-refractivity contribution in [3.63, 3.8) is 0 Å². The van der Waals surface area contributed by atoms with Gasteiger partial charge in [-0.15, -0.1) is 11.6 Å². The van der Waals surface area contributed by atoms with Crippen LogP contribution >= 0.6 is 11.6 Å². The van der Waals surface area contributed by atoms with E-state index in [1.54, 1.807) is 13.8 Å². The molecule has 0 aromatic heterocycles. The summed E-state index contributed by atoms with van der Waals surface area (Å²) in [4.78, 5) is 38.7. The maximum Gasteiger partial charge on any atom is 0.327 e. The Morgan fingerprint density at radius 1 is 1.22 bits per heavy atom. The fourth-order valence-corrected chi connectivity index (χ4v) is 7.01. The van der Waals surface area contributed by atoms with Crippen LogP contribution in [0.3, 0.4) is 0 Å². The molecule has 37 heavy (non-hydrogen) atoms. The number of rotatable bonds is 4. The number of carbonyl (C=O) groups excluding carboxylic acids is 3. The largest absolute Gasteiger partial charge is 0.460 e. The average molecular weight is 541 g/mol. The first-order valence-electron chi connectivity index (χ1n) is 13.8. The van der Waals surface area contributed by atoms with E-state index >= 15 is 0 Å². The lowest BCUT2D eigenvalue weighted by Gasteiger charge is -2.62. The minimum Gasteiger partial charge on any atom is -0.460 e. The zero-order chi connectivity index (χ0) is 28.1. The molecular weight excluding hydrogens is 496 g/mol. The highest BCUT2D eigenvalue weighted by Gasteiger charge is 2.68. The van der Waals surface area contributed by atoms with Gasteiger partial charge in [-0.2, -0.15) is 0 Å². The van der Waals surface area contributed by atoms with E-state index in [0.717, 1.165) is 5.57 Å². The Hall–Kier alpha value is -1.44. The lowest BCUT2D eigenvalue weighted by molar-refractivity contribution is -0.247. The molecule has 3 aliphatic carbocycles. The van der Waals surface area contributed by atoms with E-state index in [4.69, 9.17) is 25.8 Å². The molecule has 7 nitrogen and oxygen atoms in total. The molecule has 1 heterocycles. The maximum absolute atomic E-state index is 14.6. The molecule has 2 bridgehead atoms. The minimum atomic E-state index is -1.22. The normalized spacial score (nSPS) is 39.8. The third-order valence-electron chi connectivity index (χ3n) is 9.80. The van der Waals surface area contributed by atoms with Gasteiger partial charge in [0.1, 0.15) is 11.0 Å². The summed E-state index contributed by atoms with van der Waals surface area (Å²) in [6.07, 6.45) is 0.120. The second-order valence-corrected chi connectivity index (χ2v) is 12.8. The summed E-state index contributed by atoms with van der Waals surface area (Å²) in [5.41, 5.74) is -1.47. The Kier molecular flexibility index (Phi) is 8.36. The fraction of sp³-hybridized carbons (Fsp3) is 0.828. The molecule has 0 radical (unpaired) electrons. The first-order valence-corrected chi connectivity index (χ1v) is 14.1. The summed E-state index contributed by atoms with van der Waals surface area (Å²) in [7, 11) is 0. The zero-order valence-corrected chi connectivity index (χ0v) is 24.7. The lowest BCUT2D eigenvalue weighted by atomic mass is 9.47. The van der Waals surface area contributed by atoms with Gasteiger partial charge in [-0.1, -0.05) is 40.2 Å². The van der Waals surface area contributed by atoms with Crippen LogP contribution < -0.4 is 0 Å². The van der Waals surface area contributed by atoms with Crippen LogP contribution in [0.1, 0.15) is 94.4 Å². The van der Waals surface area contributed by atoms with E-state index in [1.807, 2.05) is 41.5 Å². The van der Waals surface area contributed by atoms with E-state index in [0.29, 0.717) is 44.3 Å². The van der Waals surface area contributed by atoms with Crippen molar-refractivity contribution in [3.05, 3.63) is 11.1 Å². The van der Waals surface area contributed by atoms with Crippen molar-refractivity contribution in [1.82, 2.24) is 0 Å². The van der Waals surface area contributed by atoms with Gasteiger partial charge in [-0.3, -0.25) is 14.4 Å². The van der Waals surface area contributed by atoms with Crippen LogP contribution in [0.2, 0.25) is 0 Å². The van der Waals surface area contributed by atoms with Crippen molar-refractivity contribution >= 4 is 29.3 Å². The Labute approximate surface area is 226 Å². The molecule has 8 atom stereocenters. The first-order chi connectivity index (χ1) is 17.1. The molecule has 3 fully saturated rings. The summed E-state index contributed by atoms with van der Waals surface area (Å²) in [6, 6.07) is 0. The van der Waals surface area contributed by atoms with Gasteiger partial charge < -0.3 is 19.3 Å². The summed E-state index contributed by atoms with van der Waals surface area (Å²) >= 11 is 6.43. The molecule has 0 spiro atoms. The number of ether oxygens (including phenoxy) is 3. The lowest BCUT2D eigenvalue weighted by Crippen LogP contribution is -2.69. The third kappa shape index (κ3) is 4.67. The van der Waals surface area contributed by atoms with Gasteiger partial charge in [0.25, 0.3) is 0 Å². The summed E-state index contributed by atoms with van der Waals surface area (Å²) < 4.78 is 17.6. The average Bonchev–Trinajstić information content (AvgIpc) is 2.81. The summed E-state index contributed by atoms with van der Waals surface area (Å²) in [5.74, 6) is -1.70. The molecule has 0 aromatic carbocycles. The Balaban J connectivity index is 0.00000186. The SMILES string of the molecule is CC.CCC(C)(Cl)C(=O)O[C@H]1CC2OC[C@H]2C2C[C@]3(O)CCC(C)=C(C(OC(C)=O)C(=O)[C@@]21C)C3(C)C. The molecule has 210 valence electrons. The van der Waals surface area contributed by atoms with E-state index in [2.05, 4.69) is 0 Å². The van der Waals surface area contributed by atoms with E-state index < -0.39 is 45.5 Å². The van der Waals surface area contributed by atoms with Crippen LogP contribution in [0.25, 0.3) is 0 Å². The smallest absolute Gasteiger partial charge is 0.327 e. The number of fused-ring (bicyclic) bond motifs is 5. The highest BCUT2D eigenvalue weighted by Crippen LogP contribution is 2.62. The fourth-order valence-electron chi connectivity index (χ4n) is 6.96. The van der Waals surface area contributed by atoms with Crippen molar-refractivity contribution in [1.29, 1.82) is 0 Å². The number of aliphatic hydroxyl groups is 1. The molecule has 8 heteroatoms. The van der Waals surface area contributed by atoms with Crippen LogP contribution in [0.15, 0.2) is 11.1 Å². The number of hydrogen-bond donors (Lipinski definition) is 1. The van der Waals surface area contributed by atoms with Gasteiger partial charge in [-0.05, 0) is 57.9 Å². The van der Waals surface area contributed by atoms with E-state index in [-0.39, 0.29) is 23.7 Å². The molecule has 0 aromatic rings. The van der Waals surface area contributed by atoms with Gasteiger partial charge in [0.05, 0.1) is 23.7 Å². The van der Waals surface area contributed by atoms with Gasteiger partial charge in [0.15, 0.2) is 11.9 Å². The standard InChI is InChI=1S/C27H39ClO7.C2H6/c1-8-25(6,28)23(31)35-19-11-18-16(13-33-18)17-12-27(32)10-9-14(2)20(24(27,4)5)21(34-15(3)29)22(30)26(17,19)7;1-2/h16-19,21,32H,8-13H2,1-7H3;1-2H3/t16-,17?,18?,19-,21?,25?,26-,27+;/m0./s1. The number of halogens is 1. The van der Waals surface area contributed by atoms with Crippen LogP contribution in [0, 0.1) is 22.7 Å². The minimum absolute atomic E-state index is 0.0406. The Morgan fingerprint density at radius 3 is 2.35 bits per heavy atom. The quantitative estimate of drug-likeness (QED) is 0.299. The Morgan fingerprint density at radius 2 is 1.84 bits per heavy atom. The van der Waals surface area contributed by atoms with Gasteiger partial charge >= 0.3 is 11.9 Å². The summed E-state index contributed by atoms with van der Waals surface area (Å²) in [5, 5.41) is 12.2. The molecule has 4 aliphatic rings. The number of ketones is 1. The predicted molar refractivity (Wildman–Crippen MR) is 141 cm³/mol. The first kappa shape index (κ1) is 30.1. The van der Waals surface area contributed by atoms with E-state index in [9.17, 15) is 19.5 Å². The molecule has 1 aliphatic heterocycles. The molecule has 1 N–H and O–H groups in total. The summed E-state index contributed by atoms with van der Waals surface area (Å²) in [6.45, 7) is 16.8. The van der Waals surface area contributed by atoms with Crippen molar-refractivity contribution in [3.8, 4) is 0 Å². The zero-order valence-electron chi connectivity index (χ0n) is 23.9. The topological polar surface area (TPSA) is 99.1 Å². The van der Waals surface area contributed by atoms with Crippen molar-refractivity contribution < 1.29 is 33.7 Å². The molecule has 4 unspecified atom stereocenters. The molecule has 0 amide bonds. The molecule has 1 saturated heterocycles. The second kappa shape index (κ2) is 10.3. The highest BCUT2D eigenvalue weighted by molar-refractivity contribution is 6.33. The van der Waals surface area contributed by atoms with Crippen molar-refractivity contribution in [2.45, 2.75) is 123 Å². The third-order valence-corrected chi connectivity index (χ3v) is 10.2. The van der Waals surface area contributed by atoms with Gasteiger partial charge in [-0.25, -0.2) is 0 Å². The maximum atomic E-state index is 14.6. The second-order valence-electron chi connectivity index (χ2n) is 12.0. The number of allylic oxidation sites excluding steroid dienone is 1. The van der Waals surface area contributed by atoms with E-state index in [1.165, 1.54) is 6.92 Å². The van der Waals surface area contributed by atoms with Crippen LogP contribution in [-0.4, -0.2) is 58.2 Å². The molecular formula is C29H45ClO7. The number of esters is 2. The molecule has 2 saturated carbocycles. The van der Waals surface area contributed by atoms with Crippen molar-refractivity contribution in [2.24, 2.45) is 22.7 Å².